The van der Waals surface area contributed by atoms with Crippen LogP contribution in [0.25, 0.3) is 0 Å². The zero-order valence-corrected chi connectivity index (χ0v) is 16.4. The highest BCUT2D eigenvalue weighted by Gasteiger charge is 2.33. The number of halogens is 3. The SMILES string of the molecule is CCc1nccn1CCN1CCN(S(=O)(=O)c2cccc(C(F)(F)F)c2)CC1. The molecule has 2 heterocycles. The fraction of sp³-hybridized carbons (Fsp3) is 0.500. The van der Waals surface area contributed by atoms with E-state index < -0.39 is 21.8 Å². The summed E-state index contributed by atoms with van der Waals surface area (Å²) in [5.41, 5.74) is -0.959. The summed E-state index contributed by atoms with van der Waals surface area (Å²) in [6.45, 7) is 5.15. The second kappa shape index (κ2) is 8.22. The van der Waals surface area contributed by atoms with Crippen molar-refractivity contribution in [3.8, 4) is 0 Å². The molecule has 10 heteroatoms. The highest BCUT2D eigenvalue weighted by Crippen LogP contribution is 2.31. The van der Waals surface area contributed by atoms with Crippen molar-refractivity contribution in [3.05, 3.63) is 48.0 Å². The molecule has 1 aliphatic heterocycles. The zero-order chi connectivity index (χ0) is 20.4. The molecular weight excluding hydrogens is 393 g/mol. The van der Waals surface area contributed by atoms with Gasteiger partial charge in [-0.25, -0.2) is 13.4 Å². The number of aryl methyl sites for hydroxylation is 1. The van der Waals surface area contributed by atoms with E-state index in [9.17, 15) is 21.6 Å². The number of piperazine rings is 1. The Balaban J connectivity index is 1.61. The van der Waals surface area contributed by atoms with Crippen LogP contribution in [-0.4, -0.2) is 59.9 Å². The Hall–Kier alpha value is -1.91. The summed E-state index contributed by atoms with van der Waals surface area (Å²) in [4.78, 5) is 6.11. The Bertz CT molecular complexity index is 904. The summed E-state index contributed by atoms with van der Waals surface area (Å²) in [5, 5.41) is 0. The van der Waals surface area contributed by atoms with Crippen molar-refractivity contribution < 1.29 is 21.6 Å². The molecule has 0 atom stereocenters. The van der Waals surface area contributed by atoms with Gasteiger partial charge in [0, 0.05) is 58.1 Å². The minimum atomic E-state index is -4.57. The van der Waals surface area contributed by atoms with Gasteiger partial charge >= 0.3 is 6.18 Å². The van der Waals surface area contributed by atoms with E-state index in [4.69, 9.17) is 0 Å². The van der Waals surface area contributed by atoms with E-state index in [1.165, 1.54) is 10.4 Å². The predicted molar refractivity (Wildman–Crippen MR) is 98.2 cm³/mol. The van der Waals surface area contributed by atoms with Gasteiger partial charge in [-0.3, -0.25) is 4.90 Å². The summed E-state index contributed by atoms with van der Waals surface area (Å²) < 4.78 is 67.4. The molecule has 0 saturated carbocycles. The average molecular weight is 416 g/mol. The molecule has 2 aromatic rings. The van der Waals surface area contributed by atoms with Gasteiger partial charge in [0.05, 0.1) is 10.5 Å². The van der Waals surface area contributed by atoms with Gasteiger partial charge in [0.15, 0.2) is 0 Å². The van der Waals surface area contributed by atoms with Crippen LogP contribution in [-0.2, 0) is 29.2 Å². The van der Waals surface area contributed by atoms with Gasteiger partial charge in [-0.05, 0) is 18.2 Å². The lowest BCUT2D eigenvalue weighted by atomic mass is 10.2. The quantitative estimate of drug-likeness (QED) is 0.726. The minimum absolute atomic E-state index is 0.253. The molecule has 0 radical (unpaired) electrons. The first-order chi connectivity index (χ1) is 13.2. The molecule has 0 aliphatic carbocycles. The van der Waals surface area contributed by atoms with Crippen LogP contribution < -0.4 is 0 Å². The molecule has 1 fully saturated rings. The second-order valence-corrected chi connectivity index (χ2v) is 8.60. The van der Waals surface area contributed by atoms with Crippen molar-refractivity contribution in [3.63, 3.8) is 0 Å². The molecule has 1 aromatic heterocycles. The fourth-order valence-electron chi connectivity index (χ4n) is 3.28. The summed E-state index contributed by atoms with van der Waals surface area (Å²) >= 11 is 0. The van der Waals surface area contributed by atoms with Gasteiger partial charge < -0.3 is 4.57 Å². The maximum absolute atomic E-state index is 12.9. The van der Waals surface area contributed by atoms with Gasteiger partial charge in [0.1, 0.15) is 5.82 Å². The summed E-state index contributed by atoms with van der Waals surface area (Å²) in [6, 6.07) is 3.91. The van der Waals surface area contributed by atoms with Crippen LogP contribution >= 0.6 is 0 Å². The first kappa shape index (κ1) is 20.8. The van der Waals surface area contributed by atoms with E-state index in [-0.39, 0.29) is 18.0 Å². The van der Waals surface area contributed by atoms with E-state index in [1.54, 1.807) is 6.20 Å². The largest absolute Gasteiger partial charge is 0.416 e. The lowest BCUT2D eigenvalue weighted by molar-refractivity contribution is -0.137. The number of benzene rings is 1. The standard InChI is InChI=1S/C18H23F3N4O2S/c1-2-17-22-6-7-24(17)11-8-23-9-12-25(13-10-23)28(26,27)16-5-3-4-15(14-16)18(19,20)21/h3-7,14H,2,8-13H2,1H3. The van der Waals surface area contributed by atoms with Gasteiger partial charge in [-0.15, -0.1) is 0 Å². The van der Waals surface area contributed by atoms with Crippen LogP contribution in [0.15, 0.2) is 41.6 Å². The number of hydrogen-bond acceptors (Lipinski definition) is 4. The number of nitrogens with zero attached hydrogens (tertiary/aromatic N) is 4. The minimum Gasteiger partial charge on any atom is -0.334 e. The predicted octanol–water partition coefficient (Wildman–Crippen LogP) is 2.47. The molecule has 1 aliphatic rings. The first-order valence-corrected chi connectivity index (χ1v) is 10.6. The molecule has 0 bridgehead atoms. The fourth-order valence-corrected chi connectivity index (χ4v) is 4.75. The topological polar surface area (TPSA) is 58.4 Å². The van der Waals surface area contributed by atoms with Gasteiger partial charge in [-0.2, -0.15) is 17.5 Å². The first-order valence-electron chi connectivity index (χ1n) is 9.11. The maximum Gasteiger partial charge on any atom is 0.416 e. The molecule has 28 heavy (non-hydrogen) atoms. The molecule has 1 saturated heterocycles. The third kappa shape index (κ3) is 4.56. The van der Waals surface area contributed by atoms with E-state index in [0.29, 0.717) is 19.2 Å². The molecule has 0 spiro atoms. The molecule has 154 valence electrons. The number of imidazole rings is 1. The molecule has 0 amide bonds. The van der Waals surface area contributed by atoms with Crippen molar-refractivity contribution in [1.29, 1.82) is 0 Å². The van der Waals surface area contributed by atoms with Crippen molar-refractivity contribution in [2.45, 2.75) is 31.0 Å². The molecule has 3 rings (SSSR count). The van der Waals surface area contributed by atoms with Crippen LogP contribution in [0.2, 0.25) is 0 Å². The smallest absolute Gasteiger partial charge is 0.334 e. The number of rotatable bonds is 6. The molecular formula is C18H23F3N4O2S. The zero-order valence-electron chi connectivity index (χ0n) is 15.6. The van der Waals surface area contributed by atoms with E-state index in [0.717, 1.165) is 37.5 Å². The van der Waals surface area contributed by atoms with Gasteiger partial charge in [0.25, 0.3) is 0 Å². The average Bonchev–Trinajstić information content (AvgIpc) is 3.14. The van der Waals surface area contributed by atoms with Crippen LogP contribution in [0.5, 0.6) is 0 Å². The molecule has 6 nitrogen and oxygen atoms in total. The number of hydrogen-bond donors (Lipinski definition) is 0. The highest BCUT2D eigenvalue weighted by molar-refractivity contribution is 7.89. The molecule has 0 unspecified atom stereocenters. The van der Waals surface area contributed by atoms with Crippen LogP contribution in [0, 0.1) is 0 Å². The normalized spacial score (nSPS) is 17.1. The Morgan fingerprint density at radius 3 is 2.46 bits per heavy atom. The number of alkyl halides is 3. The Morgan fingerprint density at radius 2 is 1.82 bits per heavy atom. The van der Waals surface area contributed by atoms with E-state index >= 15 is 0 Å². The van der Waals surface area contributed by atoms with Crippen LogP contribution in [0.1, 0.15) is 18.3 Å². The van der Waals surface area contributed by atoms with Crippen molar-refractivity contribution in [1.82, 2.24) is 18.8 Å². The molecule has 0 N–H and O–H groups in total. The highest BCUT2D eigenvalue weighted by atomic mass is 32.2. The molecule has 1 aromatic carbocycles. The lowest BCUT2D eigenvalue weighted by Crippen LogP contribution is -2.49. The van der Waals surface area contributed by atoms with Crippen molar-refractivity contribution in [2.75, 3.05) is 32.7 Å². The second-order valence-electron chi connectivity index (χ2n) is 6.66. The Kier molecular flexibility index (Phi) is 6.11. The third-order valence-corrected chi connectivity index (χ3v) is 6.80. The third-order valence-electron chi connectivity index (χ3n) is 4.91. The number of aromatic nitrogens is 2. The van der Waals surface area contributed by atoms with E-state index in [2.05, 4.69) is 14.5 Å². The Morgan fingerprint density at radius 1 is 1.11 bits per heavy atom. The van der Waals surface area contributed by atoms with Crippen molar-refractivity contribution in [2.24, 2.45) is 0 Å². The van der Waals surface area contributed by atoms with Crippen molar-refractivity contribution >= 4 is 10.0 Å². The number of sulfonamides is 1. The summed E-state index contributed by atoms with van der Waals surface area (Å²) in [7, 11) is -3.95. The monoisotopic (exact) mass is 416 g/mol. The summed E-state index contributed by atoms with van der Waals surface area (Å²) in [5.74, 6) is 1.01. The maximum atomic E-state index is 12.9. The van der Waals surface area contributed by atoms with Crippen LogP contribution in [0.3, 0.4) is 0 Å². The van der Waals surface area contributed by atoms with Gasteiger partial charge in [-0.1, -0.05) is 13.0 Å². The Labute approximate surface area is 162 Å². The van der Waals surface area contributed by atoms with Crippen LogP contribution in [0.4, 0.5) is 13.2 Å². The summed E-state index contributed by atoms with van der Waals surface area (Å²) in [6.07, 6.45) is -0.0451. The van der Waals surface area contributed by atoms with Gasteiger partial charge in [0.2, 0.25) is 10.0 Å². The lowest BCUT2D eigenvalue weighted by Gasteiger charge is -2.34. The van der Waals surface area contributed by atoms with E-state index in [1.807, 2.05) is 13.1 Å².